The quantitative estimate of drug-likeness (QED) is 0.352. The Morgan fingerprint density at radius 2 is 1.34 bits per heavy atom. The van der Waals surface area contributed by atoms with E-state index in [4.69, 9.17) is 0 Å². The second-order valence-electron chi connectivity index (χ2n) is 9.22. The van der Waals surface area contributed by atoms with Gasteiger partial charge in [-0.25, -0.2) is 0 Å². The number of fused-ring (bicyclic) bond motifs is 2. The van der Waals surface area contributed by atoms with Crippen molar-refractivity contribution in [3.63, 3.8) is 0 Å². The van der Waals surface area contributed by atoms with Gasteiger partial charge in [-0.05, 0) is 67.0 Å². The first-order valence-corrected chi connectivity index (χ1v) is 11.3. The lowest BCUT2D eigenvalue weighted by Crippen LogP contribution is -2.09. The Balaban J connectivity index is 1.56. The van der Waals surface area contributed by atoms with Gasteiger partial charge < -0.3 is 9.97 Å². The maximum absolute atomic E-state index is 3.56. The molecule has 1 saturated carbocycles. The summed E-state index contributed by atoms with van der Waals surface area (Å²) in [4.78, 5) is 7.11. The fraction of sp³-hybridized carbons (Fsp3) is 0.407. The van der Waals surface area contributed by atoms with Gasteiger partial charge in [0, 0.05) is 40.1 Å². The van der Waals surface area contributed by atoms with E-state index in [1.165, 1.54) is 89.0 Å². The summed E-state index contributed by atoms with van der Waals surface area (Å²) in [5, 5.41) is 2.76. The van der Waals surface area contributed by atoms with Crippen molar-refractivity contribution in [2.75, 3.05) is 0 Å². The van der Waals surface area contributed by atoms with E-state index < -0.39 is 0 Å². The first-order chi connectivity index (χ1) is 14.2. The summed E-state index contributed by atoms with van der Waals surface area (Å²) in [6, 6.07) is 13.7. The van der Waals surface area contributed by atoms with Crippen LogP contribution in [-0.2, 0) is 0 Å². The van der Waals surface area contributed by atoms with Gasteiger partial charge in [-0.1, -0.05) is 56.4 Å². The number of hydrogen-bond acceptors (Lipinski definition) is 0. The SMILES string of the molecule is Cc1ccc2c(C(CCC3CCCCC3)c3c[nH]c4cc(C)ccc34)c[nH]c2c1. The normalized spacial score (nSPS) is 15.7. The number of aryl methyl sites for hydroxylation is 2. The molecule has 1 aliphatic carbocycles. The van der Waals surface area contributed by atoms with Crippen LogP contribution in [0.3, 0.4) is 0 Å². The number of aromatic amines is 2. The Morgan fingerprint density at radius 1 is 0.793 bits per heavy atom. The van der Waals surface area contributed by atoms with Crippen LogP contribution in [0.4, 0.5) is 0 Å². The van der Waals surface area contributed by atoms with Gasteiger partial charge in [0.15, 0.2) is 0 Å². The molecule has 0 amide bonds. The number of aromatic nitrogens is 2. The second kappa shape index (κ2) is 7.74. The van der Waals surface area contributed by atoms with E-state index in [9.17, 15) is 0 Å². The monoisotopic (exact) mass is 384 g/mol. The van der Waals surface area contributed by atoms with Crippen molar-refractivity contribution in [3.8, 4) is 0 Å². The summed E-state index contributed by atoms with van der Waals surface area (Å²) < 4.78 is 0. The fourth-order valence-corrected chi connectivity index (χ4v) is 5.46. The van der Waals surface area contributed by atoms with E-state index >= 15 is 0 Å². The summed E-state index contributed by atoms with van der Waals surface area (Å²) in [5.41, 5.74) is 8.06. The summed E-state index contributed by atoms with van der Waals surface area (Å²) in [7, 11) is 0. The number of nitrogens with one attached hydrogen (secondary N) is 2. The minimum absolute atomic E-state index is 0.435. The second-order valence-corrected chi connectivity index (χ2v) is 9.22. The first-order valence-electron chi connectivity index (χ1n) is 11.3. The zero-order chi connectivity index (χ0) is 19.8. The molecule has 2 aromatic carbocycles. The van der Waals surface area contributed by atoms with E-state index in [2.05, 4.69) is 72.6 Å². The topological polar surface area (TPSA) is 31.6 Å². The third kappa shape index (κ3) is 3.61. The van der Waals surface area contributed by atoms with Gasteiger partial charge in [0.25, 0.3) is 0 Å². The molecular formula is C27H32N2. The summed E-state index contributed by atoms with van der Waals surface area (Å²) in [6.45, 7) is 4.34. The lowest BCUT2D eigenvalue weighted by Gasteiger charge is -2.24. The van der Waals surface area contributed by atoms with Crippen LogP contribution >= 0.6 is 0 Å². The average Bonchev–Trinajstić information content (AvgIpc) is 3.33. The van der Waals surface area contributed by atoms with Gasteiger partial charge >= 0.3 is 0 Å². The molecule has 0 aliphatic heterocycles. The molecule has 1 aliphatic rings. The molecule has 2 N–H and O–H groups in total. The molecule has 1 fully saturated rings. The highest BCUT2D eigenvalue weighted by Crippen LogP contribution is 2.40. The zero-order valence-electron chi connectivity index (χ0n) is 17.7. The lowest BCUT2D eigenvalue weighted by molar-refractivity contribution is 0.328. The zero-order valence-corrected chi connectivity index (χ0v) is 17.7. The third-order valence-electron chi connectivity index (χ3n) is 7.08. The number of benzene rings is 2. The predicted octanol–water partition coefficient (Wildman–Crippen LogP) is 7.76. The van der Waals surface area contributed by atoms with Crippen LogP contribution in [-0.4, -0.2) is 9.97 Å². The molecule has 29 heavy (non-hydrogen) atoms. The molecule has 5 rings (SSSR count). The standard InChI is InChI=1S/C27H32N2/c1-18-8-11-22-24(16-28-26(22)14-18)21(13-10-20-6-4-3-5-7-20)25-17-29-27-15-19(2)9-12-23(25)27/h8-9,11-12,14-17,20-21,28-29H,3-7,10,13H2,1-2H3. The molecule has 0 radical (unpaired) electrons. The van der Waals surface area contributed by atoms with Crippen LogP contribution in [0.2, 0.25) is 0 Å². The van der Waals surface area contributed by atoms with Crippen LogP contribution < -0.4 is 0 Å². The van der Waals surface area contributed by atoms with E-state index in [-0.39, 0.29) is 0 Å². The number of H-pyrrole nitrogens is 2. The van der Waals surface area contributed by atoms with Crippen molar-refractivity contribution in [2.24, 2.45) is 5.92 Å². The highest BCUT2D eigenvalue weighted by atomic mass is 14.7. The first kappa shape index (κ1) is 18.5. The highest BCUT2D eigenvalue weighted by molar-refractivity contribution is 5.88. The van der Waals surface area contributed by atoms with Crippen LogP contribution in [0, 0.1) is 19.8 Å². The minimum Gasteiger partial charge on any atom is -0.361 e. The van der Waals surface area contributed by atoms with Crippen molar-refractivity contribution in [3.05, 3.63) is 71.0 Å². The van der Waals surface area contributed by atoms with Crippen molar-refractivity contribution in [1.29, 1.82) is 0 Å². The maximum atomic E-state index is 3.56. The number of rotatable bonds is 5. The minimum atomic E-state index is 0.435. The summed E-state index contributed by atoms with van der Waals surface area (Å²) in [6.07, 6.45) is 14.2. The third-order valence-corrected chi connectivity index (χ3v) is 7.08. The molecule has 2 heterocycles. The maximum Gasteiger partial charge on any atom is 0.0459 e. The van der Waals surface area contributed by atoms with Crippen LogP contribution in [0.1, 0.15) is 73.1 Å². The molecule has 0 atom stereocenters. The van der Waals surface area contributed by atoms with Crippen molar-refractivity contribution < 1.29 is 0 Å². The van der Waals surface area contributed by atoms with Crippen LogP contribution in [0.15, 0.2) is 48.8 Å². The lowest BCUT2D eigenvalue weighted by atomic mass is 9.80. The molecule has 150 valence electrons. The molecule has 2 heteroatoms. The molecular weight excluding hydrogens is 352 g/mol. The Hall–Kier alpha value is -2.48. The van der Waals surface area contributed by atoms with Gasteiger partial charge in [-0.3, -0.25) is 0 Å². The van der Waals surface area contributed by atoms with Crippen LogP contribution in [0.25, 0.3) is 21.8 Å². The Kier molecular flexibility index (Phi) is 4.95. The fourth-order valence-electron chi connectivity index (χ4n) is 5.46. The van der Waals surface area contributed by atoms with Crippen LogP contribution in [0.5, 0.6) is 0 Å². The van der Waals surface area contributed by atoms with E-state index in [1.54, 1.807) is 0 Å². The summed E-state index contributed by atoms with van der Waals surface area (Å²) in [5.74, 6) is 1.34. The van der Waals surface area contributed by atoms with Crippen molar-refractivity contribution in [2.45, 2.75) is 64.7 Å². The molecule has 2 nitrogen and oxygen atoms in total. The largest absolute Gasteiger partial charge is 0.361 e. The average molecular weight is 385 g/mol. The van der Waals surface area contributed by atoms with E-state index in [1.807, 2.05) is 0 Å². The molecule has 0 bridgehead atoms. The summed E-state index contributed by atoms with van der Waals surface area (Å²) >= 11 is 0. The molecule has 0 saturated heterocycles. The van der Waals surface area contributed by atoms with Crippen molar-refractivity contribution in [1.82, 2.24) is 9.97 Å². The van der Waals surface area contributed by atoms with Gasteiger partial charge in [0.05, 0.1) is 0 Å². The predicted molar refractivity (Wildman–Crippen MR) is 124 cm³/mol. The Labute approximate surface area is 173 Å². The Bertz CT molecular complexity index is 1040. The van der Waals surface area contributed by atoms with Gasteiger partial charge in [-0.2, -0.15) is 0 Å². The highest BCUT2D eigenvalue weighted by Gasteiger charge is 2.23. The van der Waals surface area contributed by atoms with E-state index in [0.29, 0.717) is 5.92 Å². The van der Waals surface area contributed by atoms with E-state index in [0.717, 1.165) is 5.92 Å². The van der Waals surface area contributed by atoms with Gasteiger partial charge in [0.1, 0.15) is 0 Å². The van der Waals surface area contributed by atoms with Gasteiger partial charge in [0.2, 0.25) is 0 Å². The van der Waals surface area contributed by atoms with Crippen molar-refractivity contribution >= 4 is 21.8 Å². The smallest absolute Gasteiger partial charge is 0.0459 e. The molecule has 4 aromatic rings. The molecule has 0 spiro atoms. The van der Waals surface area contributed by atoms with Gasteiger partial charge in [-0.15, -0.1) is 0 Å². The molecule has 0 unspecified atom stereocenters. The Morgan fingerprint density at radius 3 is 1.90 bits per heavy atom. The number of hydrogen-bond donors (Lipinski definition) is 2. The molecule has 2 aromatic heterocycles.